The summed E-state index contributed by atoms with van der Waals surface area (Å²) in [4.78, 5) is 13.8. The number of rotatable bonds is 3. The topological polar surface area (TPSA) is 65.4 Å². The molecule has 1 aliphatic heterocycles. The SMILES string of the molecule is CC(C)(C#N)CNC1CCCN(C(=O)OC(C)(C)C)C1. The summed E-state index contributed by atoms with van der Waals surface area (Å²) in [5, 5.41) is 12.4. The Morgan fingerprint density at radius 3 is 2.60 bits per heavy atom. The maximum absolute atomic E-state index is 12.0. The number of likely N-dealkylation sites (tertiary alicyclic amines) is 1. The molecule has 1 heterocycles. The Balaban J connectivity index is 2.47. The second-order valence-corrected chi connectivity index (χ2v) is 7.14. The maximum atomic E-state index is 12.0. The normalized spacial score (nSPS) is 20.4. The molecule has 0 radical (unpaired) electrons. The van der Waals surface area contributed by atoms with Gasteiger partial charge in [0.25, 0.3) is 0 Å². The molecule has 5 nitrogen and oxygen atoms in total. The number of nitrogens with one attached hydrogen (secondary N) is 1. The Kier molecular flexibility index (Phi) is 5.41. The Labute approximate surface area is 122 Å². The first-order chi connectivity index (χ1) is 9.13. The highest BCUT2D eigenvalue weighted by atomic mass is 16.6. The number of hydrogen-bond acceptors (Lipinski definition) is 4. The van der Waals surface area contributed by atoms with E-state index in [-0.39, 0.29) is 17.6 Å². The summed E-state index contributed by atoms with van der Waals surface area (Å²) in [6.45, 7) is 11.5. The highest BCUT2D eigenvalue weighted by Crippen LogP contribution is 2.17. The van der Waals surface area contributed by atoms with Crippen LogP contribution in [-0.4, -0.2) is 42.3 Å². The summed E-state index contributed by atoms with van der Waals surface area (Å²) in [5.74, 6) is 0. The first-order valence-electron chi connectivity index (χ1n) is 7.25. The Morgan fingerprint density at radius 1 is 1.40 bits per heavy atom. The molecule has 1 rings (SSSR count). The summed E-state index contributed by atoms with van der Waals surface area (Å²) >= 11 is 0. The van der Waals surface area contributed by atoms with Crippen molar-refractivity contribution in [3.8, 4) is 6.07 Å². The monoisotopic (exact) mass is 281 g/mol. The quantitative estimate of drug-likeness (QED) is 0.863. The molecule has 20 heavy (non-hydrogen) atoms. The van der Waals surface area contributed by atoms with E-state index in [2.05, 4.69) is 11.4 Å². The van der Waals surface area contributed by atoms with Gasteiger partial charge in [-0.15, -0.1) is 0 Å². The molecular weight excluding hydrogens is 254 g/mol. The fraction of sp³-hybridized carbons (Fsp3) is 0.867. The second kappa shape index (κ2) is 6.45. The van der Waals surface area contributed by atoms with E-state index in [1.54, 1.807) is 4.90 Å². The maximum Gasteiger partial charge on any atom is 0.410 e. The van der Waals surface area contributed by atoms with E-state index in [9.17, 15) is 4.79 Å². The molecule has 1 atom stereocenters. The lowest BCUT2D eigenvalue weighted by molar-refractivity contribution is 0.0186. The average Bonchev–Trinajstić information content (AvgIpc) is 2.35. The van der Waals surface area contributed by atoms with E-state index in [1.165, 1.54) is 0 Å². The van der Waals surface area contributed by atoms with Crippen molar-refractivity contribution in [2.75, 3.05) is 19.6 Å². The van der Waals surface area contributed by atoms with Crippen LogP contribution < -0.4 is 5.32 Å². The summed E-state index contributed by atoms with van der Waals surface area (Å²) < 4.78 is 5.40. The molecule has 0 aromatic carbocycles. The van der Waals surface area contributed by atoms with E-state index in [0.717, 1.165) is 19.4 Å². The molecule has 0 bridgehead atoms. The van der Waals surface area contributed by atoms with Crippen LogP contribution in [0.3, 0.4) is 0 Å². The predicted molar refractivity (Wildman–Crippen MR) is 78.2 cm³/mol. The van der Waals surface area contributed by atoms with Crippen LogP contribution in [0.25, 0.3) is 0 Å². The number of piperidine rings is 1. The first-order valence-corrected chi connectivity index (χ1v) is 7.25. The zero-order valence-corrected chi connectivity index (χ0v) is 13.3. The molecule has 1 aliphatic rings. The molecule has 0 saturated carbocycles. The van der Waals surface area contributed by atoms with E-state index < -0.39 is 5.60 Å². The predicted octanol–water partition coefficient (Wildman–Crippen LogP) is 2.53. The van der Waals surface area contributed by atoms with Crippen molar-refractivity contribution in [1.82, 2.24) is 10.2 Å². The smallest absolute Gasteiger partial charge is 0.410 e. The van der Waals surface area contributed by atoms with Gasteiger partial charge in [-0.25, -0.2) is 4.79 Å². The molecule has 0 spiro atoms. The van der Waals surface area contributed by atoms with Crippen LogP contribution in [-0.2, 0) is 4.74 Å². The molecule has 5 heteroatoms. The third kappa shape index (κ3) is 5.79. The molecular formula is C15H27N3O2. The van der Waals surface area contributed by atoms with Crippen LogP contribution in [0.4, 0.5) is 4.79 Å². The molecule has 0 aliphatic carbocycles. The molecule has 0 aromatic heterocycles. The highest BCUT2D eigenvalue weighted by molar-refractivity contribution is 5.68. The van der Waals surface area contributed by atoms with Gasteiger partial charge in [0, 0.05) is 25.7 Å². The number of hydrogen-bond donors (Lipinski definition) is 1. The van der Waals surface area contributed by atoms with Crippen molar-refractivity contribution in [2.24, 2.45) is 5.41 Å². The van der Waals surface area contributed by atoms with Crippen molar-refractivity contribution in [2.45, 2.75) is 59.1 Å². The van der Waals surface area contributed by atoms with E-state index in [4.69, 9.17) is 10.00 Å². The molecule has 1 fully saturated rings. The van der Waals surface area contributed by atoms with E-state index in [1.807, 2.05) is 34.6 Å². The first kappa shape index (κ1) is 16.8. The fourth-order valence-corrected chi connectivity index (χ4v) is 2.08. The molecule has 1 saturated heterocycles. The largest absolute Gasteiger partial charge is 0.444 e. The number of amides is 1. The van der Waals surface area contributed by atoms with Gasteiger partial charge in [0.05, 0.1) is 11.5 Å². The number of ether oxygens (including phenoxy) is 1. The van der Waals surface area contributed by atoms with Gasteiger partial charge in [-0.05, 0) is 47.5 Å². The standard InChI is InChI=1S/C15H27N3O2/c1-14(2,3)20-13(19)18-8-6-7-12(9-18)17-11-15(4,5)10-16/h12,17H,6-9,11H2,1-5H3. The molecule has 114 valence electrons. The second-order valence-electron chi connectivity index (χ2n) is 7.14. The Bertz CT molecular complexity index is 380. The van der Waals surface area contributed by atoms with Gasteiger partial charge in [0.15, 0.2) is 0 Å². The van der Waals surface area contributed by atoms with E-state index >= 15 is 0 Å². The number of nitriles is 1. The lowest BCUT2D eigenvalue weighted by atomic mass is 9.95. The van der Waals surface area contributed by atoms with Crippen LogP contribution in [0.15, 0.2) is 0 Å². The van der Waals surface area contributed by atoms with Gasteiger partial charge in [-0.2, -0.15) is 5.26 Å². The Hall–Kier alpha value is -1.28. The molecule has 0 aromatic rings. The number of nitrogens with zero attached hydrogens (tertiary/aromatic N) is 2. The van der Waals surface area contributed by atoms with Gasteiger partial charge in [0.2, 0.25) is 0 Å². The van der Waals surface area contributed by atoms with Gasteiger partial charge < -0.3 is 15.0 Å². The third-order valence-corrected chi connectivity index (χ3v) is 3.21. The van der Waals surface area contributed by atoms with Gasteiger partial charge >= 0.3 is 6.09 Å². The zero-order chi connectivity index (χ0) is 15.4. The van der Waals surface area contributed by atoms with Crippen molar-refractivity contribution < 1.29 is 9.53 Å². The highest BCUT2D eigenvalue weighted by Gasteiger charge is 2.28. The zero-order valence-electron chi connectivity index (χ0n) is 13.3. The van der Waals surface area contributed by atoms with Crippen LogP contribution in [0, 0.1) is 16.7 Å². The van der Waals surface area contributed by atoms with Crippen molar-refractivity contribution >= 4 is 6.09 Å². The molecule has 1 amide bonds. The third-order valence-electron chi connectivity index (χ3n) is 3.21. The summed E-state index contributed by atoms with van der Waals surface area (Å²) in [7, 11) is 0. The number of carbonyl (C=O) groups is 1. The average molecular weight is 281 g/mol. The lowest BCUT2D eigenvalue weighted by Crippen LogP contribution is -2.50. The molecule has 1 N–H and O–H groups in total. The van der Waals surface area contributed by atoms with Crippen LogP contribution in [0.1, 0.15) is 47.5 Å². The minimum absolute atomic E-state index is 0.240. The summed E-state index contributed by atoms with van der Waals surface area (Å²) in [5.41, 5.74) is -0.839. The van der Waals surface area contributed by atoms with Crippen molar-refractivity contribution in [3.05, 3.63) is 0 Å². The fourth-order valence-electron chi connectivity index (χ4n) is 2.08. The molecule has 1 unspecified atom stereocenters. The number of carbonyl (C=O) groups excluding carboxylic acids is 1. The lowest BCUT2D eigenvalue weighted by Gasteiger charge is -2.35. The van der Waals surface area contributed by atoms with Gasteiger partial charge in [-0.3, -0.25) is 0 Å². The van der Waals surface area contributed by atoms with Crippen molar-refractivity contribution in [3.63, 3.8) is 0 Å². The van der Waals surface area contributed by atoms with E-state index in [0.29, 0.717) is 13.1 Å². The van der Waals surface area contributed by atoms with Crippen LogP contribution >= 0.6 is 0 Å². The van der Waals surface area contributed by atoms with Gasteiger partial charge in [-0.1, -0.05) is 0 Å². The van der Waals surface area contributed by atoms with Crippen LogP contribution in [0.5, 0.6) is 0 Å². The minimum Gasteiger partial charge on any atom is -0.444 e. The van der Waals surface area contributed by atoms with Crippen molar-refractivity contribution in [1.29, 1.82) is 5.26 Å². The van der Waals surface area contributed by atoms with Crippen LogP contribution in [0.2, 0.25) is 0 Å². The Morgan fingerprint density at radius 2 is 2.05 bits per heavy atom. The minimum atomic E-state index is -0.458. The summed E-state index contributed by atoms with van der Waals surface area (Å²) in [6.07, 6.45) is 1.74. The van der Waals surface area contributed by atoms with Gasteiger partial charge in [0.1, 0.15) is 5.60 Å². The summed E-state index contributed by atoms with van der Waals surface area (Å²) in [6, 6.07) is 2.52.